The molecule has 2 fully saturated rings. The van der Waals surface area contributed by atoms with Gasteiger partial charge in [-0.25, -0.2) is 0 Å². The number of hydrogen-bond donors (Lipinski definition) is 1. The van der Waals surface area contributed by atoms with Crippen LogP contribution >= 0.6 is 11.8 Å². The number of hydrogen-bond acceptors (Lipinski definition) is 7. The lowest BCUT2D eigenvalue weighted by atomic mass is 9.81. The summed E-state index contributed by atoms with van der Waals surface area (Å²) in [4.78, 5) is 0. The van der Waals surface area contributed by atoms with Crippen molar-refractivity contribution in [3.05, 3.63) is 144 Å². The second-order valence-electron chi connectivity index (χ2n) is 11.9. The van der Waals surface area contributed by atoms with E-state index in [4.69, 9.17) is 23.7 Å². The molecule has 4 aromatic rings. The maximum Gasteiger partial charge on any atom is 0.158 e. The SMILES string of the molecule is [2H]C1(O)S[C@H](COCc2ccccc2)[C@@H](OCc2ccccc2)[C@H](OCc2ccccc2)[C@]1(OCc1ccccc1)C1CCCCO1. The molecule has 1 N–H and O–H groups in total. The summed E-state index contributed by atoms with van der Waals surface area (Å²) in [5.41, 5.74) is 0.224. The lowest BCUT2D eigenvalue weighted by Crippen LogP contribution is -2.71. The largest absolute Gasteiger partial charge is 0.379 e. The maximum atomic E-state index is 12.4. The first-order chi connectivity index (χ1) is 23.0. The normalized spacial score (nSPS) is 28.4. The van der Waals surface area contributed by atoms with E-state index in [2.05, 4.69) is 0 Å². The predicted octanol–water partition coefficient (Wildman–Crippen LogP) is 7.33. The molecule has 0 bridgehead atoms. The Balaban J connectivity index is 1.39. The highest BCUT2D eigenvalue weighted by Crippen LogP contribution is 2.48. The van der Waals surface area contributed by atoms with Gasteiger partial charge in [0.05, 0.1) is 45.8 Å². The average molecular weight is 642 g/mol. The minimum Gasteiger partial charge on any atom is -0.379 e. The van der Waals surface area contributed by atoms with E-state index in [0.717, 1.165) is 46.9 Å². The minimum absolute atomic E-state index is 0.175. The standard InChI is InChI=1S/C39H44O6S/c40-38-39(35-23-13-14-24-42-35,45-28-33-21-11-4-12-22-33)37(44-27-32-19-9-3-10-20-32)36(43-26-31-17-7-2-8-18-31)34(46-38)29-41-25-30-15-5-1-6-16-30/h1-12,15-22,34-38,40H,13-14,23-29H2/t34-,35?,36-,37+,38?,39-/m1/s1/i38D. The fourth-order valence-electron chi connectivity index (χ4n) is 6.21. The maximum absolute atomic E-state index is 12.4. The van der Waals surface area contributed by atoms with Gasteiger partial charge in [-0.15, -0.1) is 11.8 Å². The molecule has 0 aliphatic carbocycles. The molecule has 2 aliphatic rings. The molecular weight excluding hydrogens is 596 g/mol. The Morgan fingerprint density at radius 3 is 1.76 bits per heavy atom. The van der Waals surface area contributed by atoms with Gasteiger partial charge in [-0.05, 0) is 41.5 Å². The van der Waals surface area contributed by atoms with Crippen LogP contribution in [0.5, 0.6) is 0 Å². The van der Waals surface area contributed by atoms with E-state index in [0.29, 0.717) is 26.2 Å². The van der Waals surface area contributed by atoms with Crippen LogP contribution in [-0.2, 0) is 50.1 Å². The summed E-state index contributed by atoms with van der Waals surface area (Å²) in [5, 5.41) is 12.0. The third-order valence-corrected chi connectivity index (χ3v) is 9.86. The third-order valence-electron chi connectivity index (χ3n) is 8.61. The van der Waals surface area contributed by atoms with Gasteiger partial charge in [0.25, 0.3) is 0 Å². The first kappa shape index (κ1) is 31.6. The van der Waals surface area contributed by atoms with E-state index in [9.17, 15) is 6.48 Å². The van der Waals surface area contributed by atoms with Gasteiger partial charge < -0.3 is 28.8 Å². The fourth-order valence-corrected chi connectivity index (χ4v) is 7.51. The molecule has 2 heterocycles. The highest BCUT2D eigenvalue weighted by Gasteiger charge is 2.62. The van der Waals surface area contributed by atoms with Crippen molar-refractivity contribution in [2.45, 2.75) is 80.3 Å². The van der Waals surface area contributed by atoms with Gasteiger partial charge >= 0.3 is 0 Å². The first-order valence-electron chi connectivity index (χ1n) is 16.7. The van der Waals surface area contributed by atoms with Crippen molar-refractivity contribution in [2.24, 2.45) is 0 Å². The lowest BCUT2D eigenvalue weighted by Gasteiger charge is -2.55. The Kier molecular flexibility index (Phi) is 11.5. The van der Waals surface area contributed by atoms with E-state index >= 15 is 0 Å². The zero-order valence-electron chi connectivity index (χ0n) is 27.1. The lowest BCUT2D eigenvalue weighted by molar-refractivity contribution is -0.275. The van der Waals surface area contributed by atoms with E-state index in [1.807, 2.05) is 121 Å². The zero-order chi connectivity index (χ0) is 32.4. The van der Waals surface area contributed by atoms with Crippen LogP contribution in [-0.4, -0.2) is 52.9 Å². The van der Waals surface area contributed by atoms with E-state index < -0.39 is 34.6 Å². The van der Waals surface area contributed by atoms with Gasteiger partial charge in [0.2, 0.25) is 0 Å². The van der Waals surface area contributed by atoms with Gasteiger partial charge in [-0.2, -0.15) is 0 Å². The summed E-state index contributed by atoms with van der Waals surface area (Å²) in [6.45, 7) is 1.91. The molecule has 0 radical (unpaired) electrons. The predicted molar refractivity (Wildman–Crippen MR) is 181 cm³/mol. The minimum atomic E-state index is -2.15. The first-order valence-corrected chi connectivity index (χ1v) is 17.1. The van der Waals surface area contributed by atoms with Crippen LogP contribution in [0.2, 0.25) is 0 Å². The molecular formula is C39H44O6S. The molecule has 2 unspecified atom stereocenters. The Labute approximate surface area is 278 Å². The van der Waals surface area contributed by atoms with Crippen LogP contribution < -0.4 is 0 Å². The summed E-state index contributed by atoms with van der Waals surface area (Å²) in [6.07, 6.45) is 0.367. The number of benzene rings is 4. The Morgan fingerprint density at radius 2 is 1.22 bits per heavy atom. The molecule has 0 saturated carbocycles. The van der Waals surface area contributed by atoms with Gasteiger partial charge in [0.1, 0.15) is 17.6 Å². The van der Waals surface area contributed by atoms with Crippen molar-refractivity contribution in [1.82, 2.24) is 0 Å². The molecule has 0 amide bonds. The molecule has 46 heavy (non-hydrogen) atoms. The Hall–Kier alpha value is -3.01. The van der Waals surface area contributed by atoms with Gasteiger partial charge in [-0.3, -0.25) is 0 Å². The summed E-state index contributed by atoms with van der Waals surface area (Å²) in [7, 11) is 0. The highest BCUT2D eigenvalue weighted by molar-refractivity contribution is 8.00. The molecule has 0 aromatic heterocycles. The van der Waals surface area contributed by atoms with Crippen LogP contribution in [0.25, 0.3) is 0 Å². The van der Waals surface area contributed by atoms with Crippen molar-refractivity contribution in [1.29, 1.82) is 0 Å². The van der Waals surface area contributed by atoms with Crippen LogP contribution in [0.4, 0.5) is 0 Å². The quantitative estimate of drug-likeness (QED) is 0.155. The molecule has 6 atom stereocenters. The molecule has 7 heteroatoms. The number of aliphatic hydroxyl groups is 1. The molecule has 6 nitrogen and oxygen atoms in total. The van der Waals surface area contributed by atoms with E-state index in [1.165, 1.54) is 0 Å². The summed E-state index contributed by atoms with van der Waals surface area (Å²) < 4.78 is 43.0. The van der Waals surface area contributed by atoms with Gasteiger partial charge in [-0.1, -0.05) is 121 Å². The topological polar surface area (TPSA) is 66.4 Å². The monoisotopic (exact) mass is 641 g/mol. The van der Waals surface area contributed by atoms with Crippen molar-refractivity contribution < 1.29 is 30.2 Å². The molecule has 4 aromatic carbocycles. The summed E-state index contributed by atoms with van der Waals surface area (Å²) >= 11 is 1.12. The fraction of sp³-hybridized carbons (Fsp3) is 0.385. The molecule has 242 valence electrons. The van der Waals surface area contributed by atoms with Gasteiger partial charge in [0.15, 0.2) is 5.60 Å². The van der Waals surface area contributed by atoms with Crippen molar-refractivity contribution in [2.75, 3.05) is 13.2 Å². The zero-order valence-corrected chi connectivity index (χ0v) is 26.9. The number of ether oxygens (including phenoxy) is 5. The second kappa shape index (κ2) is 16.7. The third kappa shape index (κ3) is 8.28. The van der Waals surface area contributed by atoms with Crippen molar-refractivity contribution in [3.8, 4) is 0 Å². The second-order valence-corrected chi connectivity index (χ2v) is 13.1. The molecule has 0 spiro atoms. The molecule has 2 aliphatic heterocycles. The van der Waals surface area contributed by atoms with Crippen LogP contribution in [0.15, 0.2) is 121 Å². The van der Waals surface area contributed by atoms with Crippen LogP contribution in [0, 0.1) is 0 Å². The van der Waals surface area contributed by atoms with E-state index in [1.54, 1.807) is 0 Å². The molecule has 6 rings (SSSR count). The highest BCUT2D eigenvalue weighted by atomic mass is 32.2. The van der Waals surface area contributed by atoms with E-state index in [-0.39, 0.29) is 19.8 Å². The van der Waals surface area contributed by atoms with Crippen LogP contribution in [0.3, 0.4) is 0 Å². The number of rotatable bonds is 14. The Morgan fingerprint density at radius 1 is 0.696 bits per heavy atom. The van der Waals surface area contributed by atoms with Gasteiger partial charge in [0, 0.05) is 6.61 Å². The average Bonchev–Trinajstić information content (AvgIpc) is 3.12. The summed E-state index contributed by atoms with van der Waals surface area (Å²) in [5.74, 6) is 0. The Bertz CT molecular complexity index is 1470. The van der Waals surface area contributed by atoms with Crippen molar-refractivity contribution in [3.63, 3.8) is 0 Å². The smallest absolute Gasteiger partial charge is 0.158 e. The van der Waals surface area contributed by atoms with Crippen molar-refractivity contribution >= 4 is 11.8 Å². The number of thioether (sulfide) groups is 1. The molecule has 2 saturated heterocycles. The van der Waals surface area contributed by atoms with Crippen LogP contribution in [0.1, 0.15) is 42.9 Å². The summed E-state index contributed by atoms with van der Waals surface area (Å²) in [6, 6.07) is 39.8.